The van der Waals surface area contributed by atoms with Crippen molar-refractivity contribution in [2.24, 2.45) is 0 Å². The molecule has 0 fully saturated rings. The van der Waals surface area contributed by atoms with Crippen LogP contribution in [0.15, 0.2) is 24.3 Å². The average Bonchev–Trinajstić information content (AvgIpc) is 1.89. The summed E-state index contributed by atoms with van der Waals surface area (Å²) in [5.74, 6) is 0. The van der Waals surface area contributed by atoms with Gasteiger partial charge in [0.25, 0.3) is 0 Å². The Labute approximate surface area is 70.2 Å². The number of benzene rings is 1. The van der Waals surface area contributed by atoms with Gasteiger partial charge in [-0.2, -0.15) is 0 Å². The average molecular weight is 195 g/mol. The fraction of sp³-hybridized carbons (Fsp3) is 0.125. The van der Waals surface area contributed by atoms with E-state index < -0.39 is 0 Å². The SMILES string of the molecule is Cc1ccccc1[CH]=[Zr+2]. The Morgan fingerprint density at radius 2 is 2.00 bits per heavy atom. The van der Waals surface area contributed by atoms with Crippen molar-refractivity contribution in [3.8, 4) is 0 Å². The zero-order chi connectivity index (χ0) is 6.69. The van der Waals surface area contributed by atoms with Crippen LogP contribution in [0.1, 0.15) is 11.1 Å². The van der Waals surface area contributed by atoms with E-state index in [1.807, 2.05) is 0 Å². The van der Waals surface area contributed by atoms with Gasteiger partial charge in [-0.3, -0.25) is 0 Å². The van der Waals surface area contributed by atoms with Crippen LogP contribution in [0.4, 0.5) is 0 Å². The predicted octanol–water partition coefficient (Wildman–Crippen LogP) is 1.69. The van der Waals surface area contributed by atoms with Gasteiger partial charge in [0.1, 0.15) is 0 Å². The molecule has 0 aliphatic carbocycles. The van der Waals surface area contributed by atoms with Crippen LogP contribution in [0.2, 0.25) is 0 Å². The van der Waals surface area contributed by atoms with Crippen molar-refractivity contribution in [3.63, 3.8) is 0 Å². The van der Waals surface area contributed by atoms with Crippen molar-refractivity contribution in [1.82, 2.24) is 0 Å². The van der Waals surface area contributed by atoms with Gasteiger partial charge in [-0.15, -0.1) is 0 Å². The summed E-state index contributed by atoms with van der Waals surface area (Å²) in [7, 11) is 0. The zero-order valence-corrected chi connectivity index (χ0v) is 7.84. The minimum atomic E-state index is 1.37. The van der Waals surface area contributed by atoms with E-state index in [0.717, 1.165) is 0 Å². The van der Waals surface area contributed by atoms with E-state index in [2.05, 4.69) is 34.9 Å². The predicted molar refractivity (Wildman–Crippen MR) is 36.3 cm³/mol. The van der Waals surface area contributed by atoms with E-state index in [-0.39, 0.29) is 0 Å². The summed E-state index contributed by atoms with van der Waals surface area (Å²) in [6.07, 6.45) is 0. The Morgan fingerprint density at radius 3 is 2.44 bits per heavy atom. The van der Waals surface area contributed by atoms with E-state index in [0.29, 0.717) is 0 Å². The van der Waals surface area contributed by atoms with Crippen LogP contribution in [0.3, 0.4) is 0 Å². The molecule has 0 N–H and O–H groups in total. The Hall–Kier alpha value is -0.0269. The summed E-state index contributed by atoms with van der Waals surface area (Å²) < 4.78 is 2.21. The van der Waals surface area contributed by atoms with Crippen molar-refractivity contribution < 1.29 is 24.2 Å². The maximum atomic E-state index is 2.21. The van der Waals surface area contributed by atoms with Gasteiger partial charge in [0.2, 0.25) is 0 Å². The van der Waals surface area contributed by atoms with Crippen molar-refractivity contribution in [3.05, 3.63) is 35.4 Å². The first kappa shape index (κ1) is 7.08. The zero-order valence-electron chi connectivity index (χ0n) is 5.39. The fourth-order valence-electron chi connectivity index (χ4n) is 0.749. The van der Waals surface area contributed by atoms with Gasteiger partial charge in [-0.25, -0.2) is 0 Å². The molecular formula is C8H8Zr+2. The molecule has 0 aromatic heterocycles. The maximum absolute atomic E-state index is 2.21. The monoisotopic (exact) mass is 194 g/mol. The van der Waals surface area contributed by atoms with Gasteiger partial charge in [0.05, 0.1) is 0 Å². The standard InChI is InChI=1S/C8H8.Zr/c1-7-5-3-4-6-8(7)2;/h1,3-6H,2H3;/q;+2. The molecule has 0 bridgehead atoms. The Kier molecular flexibility index (Phi) is 2.53. The van der Waals surface area contributed by atoms with Crippen LogP contribution in [0.5, 0.6) is 0 Å². The molecule has 0 heterocycles. The molecule has 0 atom stereocenters. The molecule has 0 aliphatic rings. The minimum absolute atomic E-state index is 1.37. The molecule has 0 nitrogen and oxygen atoms in total. The van der Waals surface area contributed by atoms with E-state index >= 15 is 0 Å². The van der Waals surface area contributed by atoms with E-state index in [1.165, 1.54) is 35.4 Å². The van der Waals surface area contributed by atoms with Crippen molar-refractivity contribution in [2.75, 3.05) is 0 Å². The molecule has 0 radical (unpaired) electrons. The Bertz CT molecular complexity index is 216. The molecule has 9 heavy (non-hydrogen) atoms. The van der Waals surface area contributed by atoms with Crippen molar-refractivity contribution in [2.45, 2.75) is 6.92 Å². The Balaban J connectivity index is 3.15. The second-order valence-electron chi connectivity index (χ2n) is 2.00. The number of aryl methyl sites for hydroxylation is 1. The molecule has 42 valence electrons. The molecule has 1 aromatic carbocycles. The number of rotatable bonds is 1. The molecule has 1 aromatic rings. The second-order valence-corrected chi connectivity index (χ2v) is 2.71. The quantitative estimate of drug-likeness (QED) is 0.640. The van der Waals surface area contributed by atoms with Crippen LogP contribution in [0.25, 0.3) is 0 Å². The summed E-state index contributed by atoms with van der Waals surface area (Å²) in [6.45, 7) is 2.13. The molecule has 1 rings (SSSR count). The molecule has 0 unspecified atom stereocenters. The third-order valence-electron chi connectivity index (χ3n) is 1.34. The van der Waals surface area contributed by atoms with E-state index in [1.54, 1.807) is 0 Å². The van der Waals surface area contributed by atoms with Gasteiger partial charge in [0.15, 0.2) is 0 Å². The van der Waals surface area contributed by atoms with Gasteiger partial charge >= 0.3 is 70.3 Å². The molecular weight excluding hydrogens is 187 g/mol. The summed E-state index contributed by atoms with van der Waals surface area (Å²) in [5, 5.41) is 0. The van der Waals surface area contributed by atoms with E-state index in [4.69, 9.17) is 0 Å². The van der Waals surface area contributed by atoms with Gasteiger partial charge < -0.3 is 0 Å². The third kappa shape index (κ3) is 1.69. The molecule has 0 amide bonds. The Morgan fingerprint density at radius 1 is 1.33 bits per heavy atom. The topological polar surface area (TPSA) is 0 Å². The van der Waals surface area contributed by atoms with Crippen LogP contribution in [-0.4, -0.2) is 3.71 Å². The molecule has 0 saturated carbocycles. The number of hydrogen-bond donors (Lipinski definition) is 0. The number of hydrogen-bond acceptors (Lipinski definition) is 0. The first-order chi connectivity index (χ1) is 4.34. The van der Waals surface area contributed by atoms with Gasteiger partial charge in [0, 0.05) is 0 Å². The summed E-state index contributed by atoms with van der Waals surface area (Å²) in [5.41, 5.74) is 2.74. The third-order valence-corrected chi connectivity index (χ3v) is 2.11. The van der Waals surface area contributed by atoms with Crippen molar-refractivity contribution in [1.29, 1.82) is 0 Å². The molecule has 0 saturated heterocycles. The second kappa shape index (κ2) is 3.22. The van der Waals surface area contributed by atoms with Crippen LogP contribution in [-0.2, 0) is 24.2 Å². The van der Waals surface area contributed by atoms with Gasteiger partial charge in [-0.05, 0) is 0 Å². The van der Waals surface area contributed by atoms with Gasteiger partial charge in [-0.1, -0.05) is 0 Å². The molecule has 1 heteroatoms. The van der Waals surface area contributed by atoms with Crippen molar-refractivity contribution >= 4 is 3.71 Å². The first-order valence-corrected chi connectivity index (χ1v) is 4.32. The first-order valence-electron chi connectivity index (χ1n) is 2.90. The van der Waals surface area contributed by atoms with Crippen LogP contribution in [0, 0.1) is 6.92 Å². The van der Waals surface area contributed by atoms with Crippen LogP contribution >= 0.6 is 0 Å². The normalized spacial score (nSPS) is 9.22. The molecule has 0 aliphatic heterocycles. The summed E-state index contributed by atoms with van der Waals surface area (Å²) >= 11 is 1.47. The summed E-state index contributed by atoms with van der Waals surface area (Å²) in [6, 6.07) is 8.42. The summed E-state index contributed by atoms with van der Waals surface area (Å²) in [4.78, 5) is 0. The molecule has 0 spiro atoms. The fourth-order valence-corrected chi connectivity index (χ4v) is 1.54. The van der Waals surface area contributed by atoms with Crippen LogP contribution < -0.4 is 0 Å². The van der Waals surface area contributed by atoms with E-state index in [9.17, 15) is 0 Å².